The second-order valence-corrected chi connectivity index (χ2v) is 6.87. The normalized spacial score (nSPS) is 15.8. The average Bonchev–Trinajstić information content (AvgIpc) is 2.88. The molecule has 0 aromatic heterocycles. The van der Waals surface area contributed by atoms with Gasteiger partial charge < -0.3 is 11.2 Å². The number of rotatable bonds is 6. The van der Waals surface area contributed by atoms with Gasteiger partial charge in [0.2, 0.25) is 0 Å². The van der Waals surface area contributed by atoms with Crippen molar-refractivity contribution in [2.24, 2.45) is 0 Å². The number of nitrogens with zero attached hydrogens (tertiary/aromatic N) is 2. The molecule has 0 spiro atoms. The van der Waals surface area contributed by atoms with Gasteiger partial charge in [-0.1, -0.05) is 60.7 Å². The first-order valence-corrected chi connectivity index (χ1v) is 9.48. The van der Waals surface area contributed by atoms with Crippen LogP contribution in [0.3, 0.4) is 0 Å². The van der Waals surface area contributed by atoms with Crippen LogP contribution in [0.4, 0.5) is 0 Å². The van der Waals surface area contributed by atoms with Crippen molar-refractivity contribution < 1.29 is 40.6 Å². The van der Waals surface area contributed by atoms with Crippen LogP contribution in [0.1, 0.15) is 38.2 Å². The van der Waals surface area contributed by atoms with Crippen molar-refractivity contribution in [3.05, 3.63) is 71.8 Å². The molecule has 1 fully saturated rings. The second-order valence-electron chi connectivity index (χ2n) is 6.87. The molecule has 0 aliphatic carbocycles. The zero-order valence-electron chi connectivity index (χ0n) is 17.5. The summed E-state index contributed by atoms with van der Waals surface area (Å²) in [5.41, 5.74) is 2.74. The topological polar surface area (TPSA) is 32.8 Å². The molecule has 1 saturated heterocycles. The minimum Gasteiger partial charge on any atom is -1.00 e. The first kappa shape index (κ1) is 22.1. The Labute approximate surface area is 186 Å². The number of carbonyl (C=O) groups excluding carboxylic acids is 1. The molecule has 5 heteroatoms. The van der Waals surface area contributed by atoms with E-state index in [1.165, 1.54) is 18.1 Å². The van der Waals surface area contributed by atoms with Gasteiger partial charge >= 0.3 is 35.5 Å². The third-order valence-electron chi connectivity index (χ3n) is 4.94. The van der Waals surface area contributed by atoms with Gasteiger partial charge in [-0.2, -0.15) is 0 Å². The Bertz CT molecular complexity index is 648. The molecule has 0 amide bonds. The predicted octanol–water partition coefficient (Wildman–Crippen LogP) is 0.811. The molecule has 3 rings (SSSR count). The summed E-state index contributed by atoms with van der Waals surface area (Å²) >= 11 is 0. The van der Waals surface area contributed by atoms with Gasteiger partial charge in [0.25, 0.3) is 0 Å². The number of carbonyl (C=O) groups is 1. The van der Waals surface area contributed by atoms with Crippen molar-refractivity contribution in [3.63, 3.8) is 0 Å². The maximum Gasteiger partial charge on any atom is 1.00 e. The van der Waals surface area contributed by atoms with Gasteiger partial charge in [-0.3, -0.25) is 4.79 Å². The minimum absolute atomic E-state index is 0. The SMILES string of the molecule is CC(=O)ON1CCCN(CCC(c2ccccc2)c2ccccc2)CC1.[H-].[Na+]. The average molecular weight is 376 g/mol. The Kier molecular flexibility index (Phi) is 9.52. The molecular weight excluding hydrogens is 347 g/mol. The van der Waals surface area contributed by atoms with Gasteiger partial charge in [0.1, 0.15) is 0 Å². The maximum absolute atomic E-state index is 11.2. The summed E-state index contributed by atoms with van der Waals surface area (Å²) in [5, 5.41) is 1.80. The van der Waals surface area contributed by atoms with Gasteiger partial charge in [-0.15, -0.1) is 5.06 Å². The van der Waals surface area contributed by atoms with Gasteiger partial charge in [-0.25, -0.2) is 0 Å². The summed E-state index contributed by atoms with van der Waals surface area (Å²) < 4.78 is 0. The molecule has 1 aliphatic rings. The number of hydroxylamine groups is 2. The summed E-state index contributed by atoms with van der Waals surface area (Å²) in [6.45, 7) is 6.09. The Morgan fingerprint density at radius 1 is 0.963 bits per heavy atom. The van der Waals surface area contributed by atoms with Crippen molar-refractivity contribution in [1.82, 2.24) is 9.96 Å². The van der Waals surface area contributed by atoms with E-state index in [1.807, 2.05) is 0 Å². The van der Waals surface area contributed by atoms with Crippen LogP contribution in [-0.2, 0) is 9.63 Å². The van der Waals surface area contributed by atoms with E-state index in [2.05, 4.69) is 65.6 Å². The molecule has 0 bridgehead atoms. The first-order chi connectivity index (χ1) is 12.7. The Morgan fingerprint density at radius 3 is 2.11 bits per heavy atom. The molecular formula is C22H29N2NaO2. The van der Waals surface area contributed by atoms with E-state index in [0.29, 0.717) is 5.92 Å². The molecule has 4 nitrogen and oxygen atoms in total. The van der Waals surface area contributed by atoms with Gasteiger partial charge in [0.05, 0.1) is 0 Å². The molecule has 0 N–H and O–H groups in total. The quantitative estimate of drug-likeness (QED) is 0.699. The molecule has 1 heterocycles. The van der Waals surface area contributed by atoms with Crippen LogP contribution in [0.2, 0.25) is 0 Å². The summed E-state index contributed by atoms with van der Waals surface area (Å²) in [5.74, 6) is 0.178. The van der Waals surface area contributed by atoms with Crippen molar-refractivity contribution in [1.29, 1.82) is 0 Å². The summed E-state index contributed by atoms with van der Waals surface area (Å²) in [6, 6.07) is 21.5. The van der Waals surface area contributed by atoms with Crippen LogP contribution in [0.15, 0.2) is 60.7 Å². The fourth-order valence-electron chi connectivity index (χ4n) is 3.65. The number of hydrogen-bond donors (Lipinski definition) is 0. The van der Waals surface area contributed by atoms with Crippen LogP contribution in [-0.4, -0.2) is 48.7 Å². The first-order valence-electron chi connectivity index (χ1n) is 9.48. The molecule has 1 aliphatic heterocycles. The fourth-order valence-corrected chi connectivity index (χ4v) is 3.65. The third-order valence-corrected chi connectivity index (χ3v) is 4.94. The van der Waals surface area contributed by atoms with Crippen LogP contribution in [0.5, 0.6) is 0 Å². The molecule has 0 radical (unpaired) electrons. The van der Waals surface area contributed by atoms with E-state index in [9.17, 15) is 4.79 Å². The van der Waals surface area contributed by atoms with E-state index >= 15 is 0 Å². The van der Waals surface area contributed by atoms with Crippen LogP contribution < -0.4 is 29.6 Å². The monoisotopic (exact) mass is 376 g/mol. The van der Waals surface area contributed by atoms with Crippen LogP contribution >= 0.6 is 0 Å². The summed E-state index contributed by atoms with van der Waals surface area (Å²) in [4.78, 5) is 18.9. The summed E-state index contributed by atoms with van der Waals surface area (Å²) in [7, 11) is 0. The van der Waals surface area contributed by atoms with E-state index in [-0.39, 0.29) is 37.0 Å². The molecule has 0 atom stereocenters. The third kappa shape index (κ3) is 7.05. The van der Waals surface area contributed by atoms with Crippen molar-refractivity contribution >= 4 is 5.97 Å². The van der Waals surface area contributed by atoms with Crippen LogP contribution in [0.25, 0.3) is 0 Å². The van der Waals surface area contributed by atoms with Crippen molar-refractivity contribution in [2.75, 3.05) is 32.7 Å². The number of hydrogen-bond acceptors (Lipinski definition) is 4. The Balaban J connectivity index is 0.00000196. The molecule has 0 saturated carbocycles. The molecule has 27 heavy (non-hydrogen) atoms. The summed E-state index contributed by atoms with van der Waals surface area (Å²) in [6.07, 6.45) is 2.11. The molecule has 0 unspecified atom stereocenters. The molecule has 2 aromatic carbocycles. The van der Waals surface area contributed by atoms with Crippen molar-refractivity contribution in [2.45, 2.75) is 25.7 Å². The number of benzene rings is 2. The van der Waals surface area contributed by atoms with E-state index < -0.39 is 0 Å². The minimum atomic E-state index is -0.230. The maximum atomic E-state index is 11.2. The zero-order valence-corrected chi connectivity index (χ0v) is 18.5. The van der Waals surface area contributed by atoms with Gasteiger partial charge in [0, 0.05) is 32.5 Å². The van der Waals surface area contributed by atoms with E-state index in [4.69, 9.17) is 4.84 Å². The smallest absolute Gasteiger partial charge is 1.00 e. The van der Waals surface area contributed by atoms with Crippen LogP contribution in [0, 0.1) is 0 Å². The Hall–Kier alpha value is -1.17. The van der Waals surface area contributed by atoms with E-state index in [1.54, 1.807) is 5.06 Å². The van der Waals surface area contributed by atoms with Crippen molar-refractivity contribution in [3.8, 4) is 0 Å². The Morgan fingerprint density at radius 2 is 1.56 bits per heavy atom. The zero-order chi connectivity index (χ0) is 18.2. The van der Waals surface area contributed by atoms with E-state index in [0.717, 1.165) is 45.6 Å². The predicted molar refractivity (Wildman–Crippen MR) is 105 cm³/mol. The van der Waals surface area contributed by atoms with Gasteiger partial charge in [0.15, 0.2) is 0 Å². The standard InChI is InChI=1S/C22H28N2O2.Na.H/c1-19(25)26-24-15-8-14-23(17-18-24)16-13-22(20-9-4-2-5-10-20)21-11-6-3-7-12-21;;/h2-7,9-12,22H,8,13-18H2,1H3;;/q;+1;-1. The molecule has 2 aromatic rings. The van der Waals surface area contributed by atoms with Gasteiger partial charge in [-0.05, 0) is 37.1 Å². The molecule has 140 valence electrons. The largest absolute Gasteiger partial charge is 1.00 e. The fraction of sp³-hybridized carbons (Fsp3) is 0.409. The second kappa shape index (κ2) is 11.6.